The number of methoxy groups -OCH3 is 1. The molecule has 1 atom stereocenters. The number of aryl methyl sites for hydroxylation is 2. The Bertz CT molecular complexity index is 835. The van der Waals surface area contributed by atoms with Crippen LogP contribution in [-0.2, 0) is 6.42 Å². The van der Waals surface area contributed by atoms with Crippen molar-refractivity contribution in [3.05, 3.63) is 45.4 Å². The van der Waals surface area contributed by atoms with E-state index in [0.29, 0.717) is 6.54 Å². The molecular weight excluding hydrogens is 521 g/mol. The number of thiazole rings is 1. The van der Waals surface area contributed by atoms with Gasteiger partial charge in [-0.3, -0.25) is 9.89 Å². The first-order chi connectivity index (χ1) is 14.6. The Kier molecular flexibility index (Phi) is 11.0. The minimum atomic E-state index is 0. The lowest BCUT2D eigenvalue weighted by atomic mass is 10.0. The normalized spacial score (nSPS) is 15.4. The van der Waals surface area contributed by atoms with E-state index in [2.05, 4.69) is 53.4 Å². The van der Waals surface area contributed by atoms with Gasteiger partial charge in [0.25, 0.3) is 0 Å². The fourth-order valence-electron chi connectivity index (χ4n) is 4.02. The summed E-state index contributed by atoms with van der Waals surface area (Å²) in [6.45, 7) is 10.9. The van der Waals surface area contributed by atoms with E-state index in [1.165, 1.54) is 23.3 Å². The zero-order valence-electron chi connectivity index (χ0n) is 19.1. The van der Waals surface area contributed by atoms with Gasteiger partial charge in [-0.15, -0.1) is 35.3 Å². The summed E-state index contributed by atoms with van der Waals surface area (Å²) in [7, 11) is 1.75. The first-order valence-corrected chi connectivity index (χ1v) is 11.8. The number of aromatic nitrogens is 1. The van der Waals surface area contributed by atoms with Gasteiger partial charge in [0.05, 0.1) is 30.4 Å². The molecule has 0 aliphatic carbocycles. The second-order valence-corrected chi connectivity index (χ2v) is 8.93. The van der Waals surface area contributed by atoms with Crippen molar-refractivity contribution in [3.8, 4) is 5.75 Å². The average Bonchev–Trinajstić information content (AvgIpc) is 3.38. The van der Waals surface area contributed by atoms with E-state index in [1.807, 2.05) is 12.1 Å². The quantitative estimate of drug-likeness (QED) is 0.273. The molecule has 0 saturated carbocycles. The number of rotatable bonds is 9. The Morgan fingerprint density at radius 2 is 1.97 bits per heavy atom. The van der Waals surface area contributed by atoms with Crippen molar-refractivity contribution in [2.45, 2.75) is 46.1 Å². The van der Waals surface area contributed by atoms with Gasteiger partial charge in [-0.1, -0.05) is 18.2 Å². The molecule has 1 saturated heterocycles. The Hall–Kier alpha value is -1.39. The third kappa shape index (κ3) is 7.32. The number of guanidine groups is 1. The summed E-state index contributed by atoms with van der Waals surface area (Å²) >= 11 is 1.78. The van der Waals surface area contributed by atoms with Gasteiger partial charge in [0, 0.05) is 30.0 Å². The number of aliphatic imine (C=N–C) groups is 1. The largest absolute Gasteiger partial charge is 0.496 e. The SMILES string of the molecule is CCNC(=NCC(c1ccccc1OC)N1CCCC1)NCCc1sc(C)nc1C.I. The maximum absolute atomic E-state index is 5.66. The van der Waals surface area contributed by atoms with Crippen molar-refractivity contribution < 1.29 is 4.74 Å². The average molecular weight is 558 g/mol. The minimum absolute atomic E-state index is 0. The number of para-hydroxylation sites is 1. The molecule has 3 rings (SSSR count). The fraction of sp³-hybridized carbons (Fsp3) is 0.565. The Labute approximate surface area is 207 Å². The molecule has 0 spiro atoms. The predicted molar refractivity (Wildman–Crippen MR) is 141 cm³/mol. The fourth-order valence-corrected chi connectivity index (χ4v) is 4.96. The van der Waals surface area contributed by atoms with Crippen molar-refractivity contribution in [2.75, 3.05) is 39.8 Å². The molecule has 2 heterocycles. The summed E-state index contributed by atoms with van der Waals surface area (Å²) in [4.78, 5) is 13.4. The van der Waals surface area contributed by atoms with Crippen molar-refractivity contribution >= 4 is 41.3 Å². The van der Waals surface area contributed by atoms with E-state index in [1.54, 1.807) is 18.4 Å². The van der Waals surface area contributed by atoms with Crippen LogP contribution < -0.4 is 15.4 Å². The molecule has 2 N–H and O–H groups in total. The molecule has 1 fully saturated rings. The van der Waals surface area contributed by atoms with E-state index < -0.39 is 0 Å². The summed E-state index contributed by atoms with van der Waals surface area (Å²) in [5.74, 6) is 1.81. The molecule has 1 aromatic carbocycles. The molecule has 1 aromatic heterocycles. The summed E-state index contributed by atoms with van der Waals surface area (Å²) in [5, 5.41) is 8.02. The van der Waals surface area contributed by atoms with Crippen LogP contribution in [0.3, 0.4) is 0 Å². The zero-order chi connectivity index (χ0) is 21.3. The van der Waals surface area contributed by atoms with Crippen LogP contribution in [0.15, 0.2) is 29.3 Å². The number of ether oxygens (including phenoxy) is 1. The maximum atomic E-state index is 5.66. The van der Waals surface area contributed by atoms with Gasteiger partial charge in [0.1, 0.15) is 5.75 Å². The van der Waals surface area contributed by atoms with Crippen LogP contribution in [0.1, 0.15) is 46.9 Å². The first kappa shape index (κ1) is 25.9. The van der Waals surface area contributed by atoms with Gasteiger partial charge in [-0.05, 0) is 52.8 Å². The molecule has 6 nitrogen and oxygen atoms in total. The number of hydrogen-bond acceptors (Lipinski definition) is 5. The van der Waals surface area contributed by atoms with Crippen molar-refractivity contribution in [1.82, 2.24) is 20.5 Å². The Morgan fingerprint density at radius 1 is 1.23 bits per heavy atom. The predicted octanol–water partition coefficient (Wildman–Crippen LogP) is 4.32. The molecule has 1 aliphatic heterocycles. The van der Waals surface area contributed by atoms with Gasteiger partial charge < -0.3 is 15.4 Å². The highest BCUT2D eigenvalue weighted by atomic mass is 127. The minimum Gasteiger partial charge on any atom is -0.496 e. The van der Waals surface area contributed by atoms with Gasteiger partial charge >= 0.3 is 0 Å². The second-order valence-electron chi connectivity index (χ2n) is 7.64. The number of hydrogen-bond donors (Lipinski definition) is 2. The number of nitrogens with one attached hydrogen (secondary N) is 2. The lowest BCUT2D eigenvalue weighted by Crippen LogP contribution is -2.39. The number of likely N-dealkylation sites (tertiary alicyclic amines) is 1. The number of benzene rings is 1. The van der Waals surface area contributed by atoms with E-state index in [-0.39, 0.29) is 30.0 Å². The van der Waals surface area contributed by atoms with E-state index >= 15 is 0 Å². The van der Waals surface area contributed by atoms with Crippen LogP contribution in [0.5, 0.6) is 5.75 Å². The third-order valence-corrected chi connectivity index (χ3v) is 6.62. The zero-order valence-corrected chi connectivity index (χ0v) is 22.3. The molecule has 1 aliphatic rings. The van der Waals surface area contributed by atoms with Crippen LogP contribution in [0.25, 0.3) is 0 Å². The Balaban J connectivity index is 0.00000341. The molecule has 0 bridgehead atoms. The Morgan fingerprint density at radius 3 is 2.61 bits per heavy atom. The smallest absolute Gasteiger partial charge is 0.191 e. The molecule has 2 aromatic rings. The number of nitrogens with zero attached hydrogens (tertiary/aromatic N) is 3. The molecular formula is C23H36IN5OS. The number of halogens is 1. The summed E-state index contributed by atoms with van der Waals surface area (Å²) in [6.07, 6.45) is 3.46. The molecule has 31 heavy (non-hydrogen) atoms. The maximum Gasteiger partial charge on any atom is 0.191 e. The molecule has 8 heteroatoms. The van der Waals surface area contributed by atoms with Crippen LogP contribution in [0.2, 0.25) is 0 Å². The summed E-state index contributed by atoms with van der Waals surface area (Å²) < 4.78 is 5.66. The topological polar surface area (TPSA) is 61.8 Å². The monoisotopic (exact) mass is 557 g/mol. The first-order valence-electron chi connectivity index (χ1n) is 10.9. The molecule has 0 amide bonds. The standard InChI is InChI=1S/C23H35N5OS.HI/c1-5-24-23(25-13-12-22-17(2)27-18(3)30-22)26-16-20(28-14-8-9-15-28)19-10-6-7-11-21(19)29-4;/h6-7,10-11,20H,5,8-9,12-16H2,1-4H3,(H2,24,25,26);1H. The third-order valence-electron chi connectivity index (χ3n) is 5.49. The summed E-state index contributed by atoms with van der Waals surface area (Å²) in [5.41, 5.74) is 2.36. The van der Waals surface area contributed by atoms with Gasteiger partial charge in [0.2, 0.25) is 0 Å². The highest BCUT2D eigenvalue weighted by Crippen LogP contribution is 2.31. The van der Waals surface area contributed by atoms with Crippen molar-refractivity contribution in [3.63, 3.8) is 0 Å². The van der Waals surface area contributed by atoms with Crippen molar-refractivity contribution in [2.24, 2.45) is 4.99 Å². The van der Waals surface area contributed by atoms with Gasteiger partial charge in [-0.25, -0.2) is 4.98 Å². The molecule has 1 unspecified atom stereocenters. The van der Waals surface area contributed by atoms with Gasteiger partial charge in [-0.2, -0.15) is 0 Å². The van der Waals surface area contributed by atoms with E-state index in [4.69, 9.17) is 9.73 Å². The van der Waals surface area contributed by atoms with Crippen molar-refractivity contribution in [1.29, 1.82) is 0 Å². The summed E-state index contributed by atoms with van der Waals surface area (Å²) in [6, 6.07) is 8.57. The highest BCUT2D eigenvalue weighted by molar-refractivity contribution is 14.0. The van der Waals surface area contributed by atoms with E-state index in [0.717, 1.165) is 55.0 Å². The molecule has 0 radical (unpaired) electrons. The lowest BCUT2D eigenvalue weighted by Gasteiger charge is -2.28. The lowest BCUT2D eigenvalue weighted by molar-refractivity contribution is 0.245. The van der Waals surface area contributed by atoms with Gasteiger partial charge in [0.15, 0.2) is 5.96 Å². The highest BCUT2D eigenvalue weighted by Gasteiger charge is 2.25. The van der Waals surface area contributed by atoms with Crippen LogP contribution in [0, 0.1) is 13.8 Å². The van der Waals surface area contributed by atoms with Crippen LogP contribution >= 0.6 is 35.3 Å². The van der Waals surface area contributed by atoms with Crippen LogP contribution in [0.4, 0.5) is 0 Å². The van der Waals surface area contributed by atoms with E-state index in [9.17, 15) is 0 Å². The van der Waals surface area contributed by atoms with Crippen LogP contribution in [-0.4, -0.2) is 55.7 Å². The molecule has 172 valence electrons. The second kappa shape index (κ2) is 13.2.